The summed E-state index contributed by atoms with van der Waals surface area (Å²) in [5.74, 6) is 0. The van der Waals surface area contributed by atoms with Gasteiger partial charge in [-0.1, -0.05) is 34.8 Å². The number of hydrogen-bond donors (Lipinski definition) is 1. The molecule has 1 aromatic carbocycles. The third-order valence-corrected chi connectivity index (χ3v) is 6.70. The highest BCUT2D eigenvalue weighted by molar-refractivity contribution is 7.89. The summed E-state index contributed by atoms with van der Waals surface area (Å²) in [4.78, 5) is 0.750. The van der Waals surface area contributed by atoms with Crippen LogP contribution in [0, 0.1) is 0 Å². The zero-order chi connectivity index (χ0) is 15.8. The third-order valence-electron chi connectivity index (χ3n) is 2.79. The maximum Gasteiger partial charge on any atom is 0.244 e. The predicted molar refractivity (Wildman–Crippen MR) is 88.9 cm³/mol. The molecule has 0 aliphatic heterocycles. The Hall–Kier alpha value is -0.500. The Labute approximate surface area is 142 Å². The van der Waals surface area contributed by atoms with Crippen LogP contribution < -0.4 is 5.73 Å². The van der Waals surface area contributed by atoms with Crippen molar-refractivity contribution in [1.82, 2.24) is 4.31 Å². The lowest BCUT2D eigenvalue weighted by Gasteiger charge is -2.18. The van der Waals surface area contributed by atoms with Crippen LogP contribution >= 0.6 is 46.1 Å². The molecule has 114 valence electrons. The lowest BCUT2D eigenvalue weighted by atomic mass is 10.3. The topological polar surface area (TPSA) is 63.4 Å². The van der Waals surface area contributed by atoms with Crippen LogP contribution in [0.25, 0.3) is 0 Å². The molecule has 9 heteroatoms. The summed E-state index contributed by atoms with van der Waals surface area (Å²) in [6.45, 7) is 0.193. The van der Waals surface area contributed by atoms with Gasteiger partial charge < -0.3 is 5.73 Å². The maximum absolute atomic E-state index is 12.5. The second-order valence-electron chi connectivity index (χ2n) is 4.24. The van der Waals surface area contributed by atoms with Crippen molar-refractivity contribution in [3.63, 3.8) is 0 Å². The molecule has 21 heavy (non-hydrogen) atoms. The van der Waals surface area contributed by atoms with Crippen molar-refractivity contribution in [2.75, 3.05) is 12.8 Å². The molecule has 4 nitrogen and oxygen atoms in total. The van der Waals surface area contributed by atoms with Gasteiger partial charge in [0.05, 0.1) is 20.1 Å². The number of sulfonamides is 1. The van der Waals surface area contributed by atoms with Crippen LogP contribution in [0.3, 0.4) is 0 Å². The summed E-state index contributed by atoms with van der Waals surface area (Å²) >= 11 is 19.0. The van der Waals surface area contributed by atoms with E-state index in [9.17, 15) is 8.42 Å². The predicted octanol–water partition coefficient (Wildman–Crippen LogP) is 4.11. The Kier molecular flexibility index (Phi) is 5.07. The maximum atomic E-state index is 12.5. The fourth-order valence-corrected chi connectivity index (χ4v) is 4.76. The molecule has 0 aliphatic carbocycles. The van der Waals surface area contributed by atoms with Gasteiger partial charge in [0, 0.05) is 18.5 Å². The summed E-state index contributed by atoms with van der Waals surface area (Å²) < 4.78 is 26.9. The van der Waals surface area contributed by atoms with Crippen LogP contribution in [0.5, 0.6) is 0 Å². The molecule has 0 fully saturated rings. The Morgan fingerprint density at radius 2 is 1.86 bits per heavy atom. The molecule has 1 aromatic heterocycles. The Morgan fingerprint density at radius 3 is 2.43 bits per heavy atom. The van der Waals surface area contributed by atoms with Crippen LogP contribution in [0.1, 0.15) is 4.88 Å². The molecule has 0 spiro atoms. The zero-order valence-corrected chi connectivity index (χ0v) is 14.7. The molecule has 0 bridgehead atoms. The largest absolute Gasteiger partial charge is 0.396 e. The molecule has 0 aliphatic rings. The van der Waals surface area contributed by atoms with Crippen molar-refractivity contribution in [3.8, 4) is 0 Å². The Balaban J connectivity index is 2.35. The number of thiophene rings is 1. The number of nitrogen functional groups attached to an aromatic ring is 1. The first kappa shape index (κ1) is 16.9. The smallest absolute Gasteiger partial charge is 0.244 e. The molecule has 0 saturated carbocycles. The standard InChI is InChI=1S/C12H11Cl3N2O2S2/c1-17(6-7-2-5-10(14)20-7)21(18,19)9-4-3-8(13)12(16)11(9)15/h2-5H,6,16H2,1H3. The molecular weight excluding hydrogens is 375 g/mol. The van der Waals surface area contributed by atoms with Crippen molar-refractivity contribution in [2.45, 2.75) is 11.4 Å². The molecular formula is C12H11Cl3N2O2S2. The lowest BCUT2D eigenvalue weighted by Crippen LogP contribution is -2.26. The van der Waals surface area contributed by atoms with Gasteiger partial charge in [0.2, 0.25) is 10.0 Å². The number of nitrogens with zero attached hydrogens (tertiary/aromatic N) is 1. The van der Waals surface area contributed by atoms with Crippen LogP contribution in [-0.4, -0.2) is 19.8 Å². The zero-order valence-electron chi connectivity index (χ0n) is 10.8. The molecule has 0 unspecified atom stereocenters. The van der Waals surface area contributed by atoms with Gasteiger partial charge in [-0.3, -0.25) is 0 Å². The van der Waals surface area contributed by atoms with E-state index >= 15 is 0 Å². The van der Waals surface area contributed by atoms with E-state index in [0.717, 1.165) is 4.88 Å². The van der Waals surface area contributed by atoms with Crippen LogP contribution in [-0.2, 0) is 16.6 Å². The molecule has 0 atom stereocenters. The number of halogens is 3. The first-order chi connectivity index (χ1) is 9.73. The van der Waals surface area contributed by atoms with Crippen LogP contribution in [0.4, 0.5) is 5.69 Å². The monoisotopic (exact) mass is 384 g/mol. The summed E-state index contributed by atoms with van der Waals surface area (Å²) in [5, 5.41) is 0.144. The molecule has 0 amide bonds. The minimum absolute atomic E-state index is 0.0481. The van der Waals surface area contributed by atoms with E-state index in [1.165, 1.54) is 34.8 Å². The average molecular weight is 386 g/mol. The van der Waals surface area contributed by atoms with Gasteiger partial charge in [-0.05, 0) is 24.3 Å². The second-order valence-corrected chi connectivity index (χ2v) is 8.84. The van der Waals surface area contributed by atoms with Gasteiger partial charge in [0.1, 0.15) is 4.90 Å². The number of hydrogen-bond acceptors (Lipinski definition) is 4. The van der Waals surface area contributed by atoms with Crippen molar-refractivity contribution >= 4 is 61.9 Å². The van der Waals surface area contributed by atoms with Crippen LogP contribution in [0.15, 0.2) is 29.2 Å². The molecule has 0 radical (unpaired) electrons. The van der Waals surface area contributed by atoms with Gasteiger partial charge in [-0.25, -0.2) is 8.42 Å². The van der Waals surface area contributed by atoms with E-state index in [1.54, 1.807) is 12.1 Å². The number of rotatable bonds is 4. The van der Waals surface area contributed by atoms with E-state index in [2.05, 4.69) is 0 Å². The highest BCUT2D eigenvalue weighted by Crippen LogP contribution is 2.35. The van der Waals surface area contributed by atoms with E-state index in [4.69, 9.17) is 40.5 Å². The number of anilines is 1. The Morgan fingerprint density at radius 1 is 1.19 bits per heavy atom. The van der Waals surface area contributed by atoms with Crippen molar-refractivity contribution in [2.24, 2.45) is 0 Å². The molecule has 2 aromatic rings. The second kappa shape index (κ2) is 6.32. The minimum atomic E-state index is -3.77. The van der Waals surface area contributed by atoms with E-state index < -0.39 is 10.0 Å². The van der Waals surface area contributed by atoms with Gasteiger partial charge >= 0.3 is 0 Å². The first-order valence-electron chi connectivity index (χ1n) is 5.67. The van der Waals surface area contributed by atoms with Gasteiger partial charge in [0.25, 0.3) is 0 Å². The molecule has 2 N–H and O–H groups in total. The van der Waals surface area contributed by atoms with E-state index in [0.29, 0.717) is 4.34 Å². The summed E-state index contributed by atoms with van der Waals surface area (Å²) in [6.07, 6.45) is 0. The van der Waals surface area contributed by atoms with Gasteiger partial charge in [-0.2, -0.15) is 4.31 Å². The van der Waals surface area contributed by atoms with Gasteiger partial charge in [-0.15, -0.1) is 11.3 Å². The fourth-order valence-electron chi connectivity index (χ4n) is 1.66. The summed E-state index contributed by atoms with van der Waals surface area (Å²) in [6, 6.07) is 6.24. The van der Waals surface area contributed by atoms with E-state index in [-0.39, 0.29) is 27.2 Å². The van der Waals surface area contributed by atoms with Crippen molar-refractivity contribution in [1.29, 1.82) is 0 Å². The fraction of sp³-hybridized carbons (Fsp3) is 0.167. The highest BCUT2D eigenvalue weighted by atomic mass is 35.5. The summed E-state index contributed by atoms with van der Waals surface area (Å²) in [5.41, 5.74) is 5.72. The normalized spacial score (nSPS) is 12.0. The minimum Gasteiger partial charge on any atom is -0.396 e. The summed E-state index contributed by atoms with van der Waals surface area (Å²) in [7, 11) is -2.31. The van der Waals surface area contributed by atoms with E-state index in [1.807, 2.05) is 0 Å². The quantitative estimate of drug-likeness (QED) is 0.805. The van der Waals surface area contributed by atoms with Crippen molar-refractivity contribution < 1.29 is 8.42 Å². The highest BCUT2D eigenvalue weighted by Gasteiger charge is 2.25. The number of benzene rings is 1. The van der Waals surface area contributed by atoms with Crippen molar-refractivity contribution in [3.05, 3.63) is 43.5 Å². The third kappa shape index (κ3) is 3.47. The van der Waals surface area contributed by atoms with Crippen LogP contribution in [0.2, 0.25) is 14.4 Å². The molecule has 1 heterocycles. The number of nitrogens with two attached hydrogens (primary N) is 1. The average Bonchev–Trinajstić information content (AvgIpc) is 2.81. The first-order valence-corrected chi connectivity index (χ1v) is 9.06. The Bertz CT molecular complexity index is 775. The SMILES string of the molecule is CN(Cc1ccc(Cl)s1)S(=O)(=O)c1ccc(Cl)c(N)c1Cl. The lowest BCUT2D eigenvalue weighted by molar-refractivity contribution is 0.470. The molecule has 0 saturated heterocycles. The molecule has 2 rings (SSSR count). The van der Waals surface area contributed by atoms with Gasteiger partial charge in [0.15, 0.2) is 0 Å².